The molecular weight excluding hydrogens is 294 g/mol. The standard InChI is InChI=1S/C18H23NO4/c1-5-13-10-17(21)23-15-9-12(4)8-14(18(13)15)22-11-16(20)19(6-2)7-3/h8-10H,5-7,11H2,1-4H3. The first-order valence-electron chi connectivity index (χ1n) is 7.98. The highest BCUT2D eigenvalue weighted by Crippen LogP contribution is 2.30. The number of aryl methyl sites for hydroxylation is 2. The summed E-state index contributed by atoms with van der Waals surface area (Å²) in [4.78, 5) is 25.5. The molecule has 0 saturated heterocycles. The van der Waals surface area contributed by atoms with Crippen LogP contribution in [0.4, 0.5) is 0 Å². The van der Waals surface area contributed by atoms with E-state index >= 15 is 0 Å². The predicted octanol–water partition coefficient (Wildman–Crippen LogP) is 2.91. The molecule has 0 N–H and O–H groups in total. The first-order chi connectivity index (χ1) is 11.0. The van der Waals surface area contributed by atoms with Crippen molar-refractivity contribution in [1.82, 2.24) is 4.90 Å². The van der Waals surface area contributed by atoms with Crippen molar-refractivity contribution in [2.75, 3.05) is 19.7 Å². The van der Waals surface area contributed by atoms with Gasteiger partial charge >= 0.3 is 5.63 Å². The summed E-state index contributed by atoms with van der Waals surface area (Å²) in [7, 11) is 0. The highest BCUT2D eigenvalue weighted by molar-refractivity contribution is 5.88. The number of fused-ring (bicyclic) bond motifs is 1. The molecule has 0 fully saturated rings. The van der Waals surface area contributed by atoms with Crippen LogP contribution in [0.5, 0.6) is 5.75 Å². The molecule has 0 bridgehead atoms. The number of carbonyl (C=O) groups excluding carboxylic acids is 1. The van der Waals surface area contributed by atoms with Gasteiger partial charge in [0.1, 0.15) is 11.3 Å². The highest BCUT2D eigenvalue weighted by atomic mass is 16.5. The molecule has 2 aromatic rings. The van der Waals surface area contributed by atoms with Crippen LogP contribution in [0.25, 0.3) is 11.0 Å². The summed E-state index contributed by atoms with van der Waals surface area (Å²) in [6.07, 6.45) is 0.686. The average molecular weight is 317 g/mol. The molecule has 1 amide bonds. The van der Waals surface area contributed by atoms with E-state index in [1.54, 1.807) is 4.90 Å². The third kappa shape index (κ3) is 3.73. The Balaban J connectivity index is 2.40. The Kier molecular flexibility index (Phi) is 5.42. The number of hydrogen-bond donors (Lipinski definition) is 0. The van der Waals surface area contributed by atoms with E-state index in [1.807, 2.05) is 39.8 Å². The van der Waals surface area contributed by atoms with Gasteiger partial charge < -0.3 is 14.1 Å². The third-order valence-electron chi connectivity index (χ3n) is 3.88. The molecular formula is C18H23NO4. The quantitative estimate of drug-likeness (QED) is 0.769. The smallest absolute Gasteiger partial charge is 0.336 e. The molecule has 0 unspecified atom stereocenters. The van der Waals surface area contributed by atoms with Crippen LogP contribution in [0.3, 0.4) is 0 Å². The van der Waals surface area contributed by atoms with Crippen molar-refractivity contribution < 1.29 is 13.9 Å². The van der Waals surface area contributed by atoms with Crippen LogP contribution < -0.4 is 10.4 Å². The summed E-state index contributed by atoms with van der Waals surface area (Å²) >= 11 is 0. The van der Waals surface area contributed by atoms with E-state index in [4.69, 9.17) is 9.15 Å². The van der Waals surface area contributed by atoms with Crippen molar-refractivity contribution in [2.45, 2.75) is 34.1 Å². The number of nitrogens with zero attached hydrogens (tertiary/aromatic N) is 1. The molecule has 0 aliphatic carbocycles. The molecule has 0 saturated carbocycles. The summed E-state index contributed by atoms with van der Waals surface area (Å²) in [5, 5.41) is 0.769. The Bertz CT molecular complexity index is 759. The second-order valence-electron chi connectivity index (χ2n) is 5.44. The van der Waals surface area contributed by atoms with Crippen molar-refractivity contribution in [3.05, 3.63) is 39.7 Å². The van der Waals surface area contributed by atoms with Gasteiger partial charge in [0.25, 0.3) is 5.91 Å². The monoisotopic (exact) mass is 317 g/mol. The number of hydrogen-bond acceptors (Lipinski definition) is 4. The summed E-state index contributed by atoms with van der Waals surface area (Å²) < 4.78 is 11.1. The topological polar surface area (TPSA) is 59.8 Å². The van der Waals surface area contributed by atoms with Crippen LogP contribution in [-0.2, 0) is 11.2 Å². The largest absolute Gasteiger partial charge is 0.483 e. The van der Waals surface area contributed by atoms with Crippen molar-refractivity contribution in [2.24, 2.45) is 0 Å². The van der Waals surface area contributed by atoms with Gasteiger partial charge in [0.05, 0.1) is 5.39 Å². The number of ether oxygens (including phenoxy) is 1. The maximum atomic E-state index is 12.1. The molecule has 0 radical (unpaired) electrons. The number of amides is 1. The second-order valence-corrected chi connectivity index (χ2v) is 5.44. The molecule has 1 aromatic carbocycles. The van der Waals surface area contributed by atoms with Gasteiger partial charge in [0.2, 0.25) is 0 Å². The molecule has 0 spiro atoms. The first-order valence-corrected chi connectivity index (χ1v) is 7.98. The number of rotatable bonds is 6. The van der Waals surface area contributed by atoms with Crippen LogP contribution in [-0.4, -0.2) is 30.5 Å². The number of benzene rings is 1. The zero-order valence-electron chi connectivity index (χ0n) is 14.1. The van der Waals surface area contributed by atoms with Gasteiger partial charge in [-0.25, -0.2) is 4.79 Å². The number of carbonyl (C=O) groups is 1. The first kappa shape index (κ1) is 17.1. The fourth-order valence-electron chi connectivity index (χ4n) is 2.67. The molecule has 0 aliphatic heterocycles. The molecule has 1 heterocycles. The van der Waals surface area contributed by atoms with Crippen LogP contribution in [0.2, 0.25) is 0 Å². The van der Waals surface area contributed by atoms with Crippen LogP contribution in [0, 0.1) is 6.92 Å². The third-order valence-corrected chi connectivity index (χ3v) is 3.88. The lowest BCUT2D eigenvalue weighted by atomic mass is 10.1. The van der Waals surface area contributed by atoms with Gasteiger partial charge in [-0.2, -0.15) is 0 Å². The minimum absolute atomic E-state index is 0.0253. The molecule has 0 atom stereocenters. The summed E-state index contributed by atoms with van der Waals surface area (Å²) in [5.74, 6) is 0.529. The van der Waals surface area contributed by atoms with Crippen LogP contribution in [0.15, 0.2) is 27.4 Å². The van der Waals surface area contributed by atoms with E-state index in [0.717, 1.165) is 16.5 Å². The van der Waals surface area contributed by atoms with Crippen molar-refractivity contribution >= 4 is 16.9 Å². The molecule has 2 rings (SSSR count). The SMILES string of the molecule is CCc1cc(=O)oc2cc(C)cc(OCC(=O)N(CC)CC)c12. The van der Waals surface area contributed by atoms with Gasteiger partial charge in [-0.15, -0.1) is 0 Å². The maximum absolute atomic E-state index is 12.1. The zero-order valence-corrected chi connectivity index (χ0v) is 14.1. The minimum Gasteiger partial charge on any atom is -0.483 e. The van der Waals surface area contributed by atoms with Crippen LogP contribution in [0.1, 0.15) is 31.9 Å². The molecule has 124 valence electrons. The van der Waals surface area contributed by atoms with Crippen LogP contribution >= 0.6 is 0 Å². The van der Waals surface area contributed by atoms with Gasteiger partial charge in [0.15, 0.2) is 6.61 Å². The summed E-state index contributed by atoms with van der Waals surface area (Å²) in [6.45, 7) is 9.03. The lowest BCUT2D eigenvalue weighted by Crippen LogP contribution is -2.34. The zero-order chi connectivity index (χ0) is 17.0. The minimum atomic E-state index is -0.370. The van der Waals surface area contributed by atoms with E-state index in [-0.39, 0.29) is 18.1 Å². The lowest BCUT2D eigenvalue weighted by Gasteiger charge is -2.19. The highest BCUT2D eigenvalue weighted by Gasteiger charge is 2.15. The predicted molar refractivity (Wildman–Crippen MR) is 90.0 cm³/mol. The fourth-order valence-corrected chi connectivity index (χ4v) is 2.67. The molecule has 0 aliphatic rings. The molecule has 23 heavy (non-hydrogen) atoms. The van der Waals surface area contributed by atoms with E-state index in [2.05, 4.69) is 0 Å². The van der Waals surface area contributed by atoms with E-state index < -0.39 is 0 Å². The Hall–Kier alpha value is -2.30. The van der Waals surface area contributed by atoms with Crippen molar-refractivity contribution in [3.8, 4) is 5.75 Å². The summed E-state index contributed by atoms with van der Waals surface area (Å²) in [6, 6.07) is 5.17. The Morgan fingerprint density at radius 2 is 1.87 bits per heavy atom. The van der Waals surface area contributed by atoms with Gasteiger partial charge in [-0.1, -0.05) is 6.92 Å². The van der Waals surface area contributed by atoms with E-state index in [1.165, 1.54) is 6.07 Å². The maximum Gasteiger partial charge on any atom is 0.336 e. The fraction of sp³-hybridized carbons (Fsp3) is 0.444. The number of likely N-dealkylation sites (N-methyl/N-ethyl adjacent to an activating group) is 1. The normalized spacial score (nSPS) is 10.8. The molecule has 1 aromatic heterocycles. The van der Waals surface area contributed by atoms with Gasteiger partial charge in [0, 0.05) is 19.2 Å². The summed E-state index contributed by atoms with van der Waals surface area (Å²) in [5.41, 5.74) is 1.91. The van der Waals surface area contributed by atoms with E-state index in [9.17, 15) is 9.59 Å². The average Bonchev–Trinajstić information content (AvgIpc) is 2.52. The van der Waals surface area contributed by atoms with Gasteiger partial charge in [-0.3, -0.25) is 4.79 Å². The Morgan fingerprint density at radius 3 is 2.48 bits per heavy atom. The Labute approximate surface area is 135 Å². The molecule has 5 heteroatoms. The van der Waals surface area contributed by atoms with Crippen molar-refractivity contribution in [3.63, 3.8) is 0 Å². The molecule has 5 nitrogen and oxygen atoms in total. The second kappa shape index (κ2) is 7.31. The lowest BCUT2D eigenvalue weighted by molar-refractivity contribution is -0.132. The van der Waals surface area contributed by atoms with Gasteiger partial charge in [-0.05, 0) is 50.5 Å². The van der Waals surface area contributed by atoms with Crippen molar-refractivity contribution in [1.29, 1.82) is 0 Å². The van der Waals surface area contributed by atoms with E-state index in [0.29, 0.717) is 30.8 Å². The Morgan fingerprint density at radius 1 is 1.17 bits per heavy atom.